The number of nitrogens with zero attached hydrogens (tertiary/aromatic N) is 4. The zero-order valence-corrected chi connectivity index (χ0v) is 14.8. The summed E-state index contributed by atoms with van der Waals surface area (Å²) in [6.45, 7) is 2.44. The van der Waals surface area contributed by atoms with Gasteiger partial charge in [-0.25, -0.2) is 9.97 Å². The molecule has 4 rings (SSSR count). The summed E-state index contributed by atoms with van der Waals surface area (Å²) in [5.74, 6) is 1.07. The van der Waals surface area contributed by atoms with E-state index in [9.17, 15) is 4.79 Å². The zero-order chi connectivity index (χ0) is 17.2. The molecule has 5 nitrogen and oxygen atoms in total. The zero-order valence-electron chi connectivity index (χ0n) is 14.1. The van der Waals surface area contributed by atoms with Crippen LogP contribution >= 0.6 is 11.6 Å². The van der Waals surface area contributed by atoms with Gasteiger partial charge < -0.3 is 9.80 Å². The maximum Gasteiger partial charge on any atom is 0.230 e. The maximum atomic E-state index is 13.1. The summed E-state index contributed by atoms with van der Waals surface area (Å²) < 4.78 is 0. The summed E-state index contributed by atoms with van der Waals surface area (Å²) in [5, 5.41) is 0.740. The van der Waals surface area contributed by atoms with E-state index in [1.807, 2.05) is 29.2 Å². The van der Waals surface area contributed by atoms with E-state index in [4.69, 9.17) is 11.6 Å². The largest absolute Gasteiger partial charge is 0.341 e. The van der Waals surface area contributed by atoms with Crippen molar-refractivity contribution in [1.82, 2.24) is 9.97 Å². The highest BCUT2D eigenvalue weighted by molar-refractivity contribution is 6.30. The molecule has 0 bridgehead atoms. The molecule has 130 valence electrons. The highest BCUT2D eigenvalue weighted by Crippen LogP contribution is 2.32. The molecular weight excluding hydrogens is 336 g/mol. The first-order valence-corrected chi connectivity index (χ1v) is 9.22. The van der Waals surface area contributed by atoms with Crippen molar-refractivity contribution < 1.29 is 4.79 Å². The van der Waals surface area contributed by atoms with Gasteiger partial charge in [-0.15, -0.1) is 0 Å². The number of hydrogen-bond acceptors (Lipinski definition) is 4. The van der Waals surface area contributed by atoms with Gasteiger partial charge in [0.05, 0.1) is 0 Å². The molecule has 2 aliphatic rings. The van der Waals surface area contributed by atoms with Crippen LogP contribution in [-0.2, 0) is 11.2 Å². The van der Waals surface area contributed by atoms with Gasteiger partial charge in [-0.05, 0) is 55.5 Å². The molecule has 3 heterocycles. The van der Waals surface area contributed by atoms with Crippen LogP contribution in [-0.4, -0.2) is 35.5 Å². The topological polar surface area (TPSA) is 49.3 Å². The van der Waals surface area contributed by atoms with Gasteiger partial charge >= 0.3 is 0 Å². The van der Waals surface area contributed by atoms with Gasteiger partial charge in [0, 0.05) is 48.7 Å². The van der Waals surface area contributed by atoms with Crippen LogP contribution in [0.25, 0.3) is 0 Å². The fourth-order valence-electron chi connectivity index (χ4n) is 3.80. The van der Waals surface area contributed by atoms with Crippen molar-refractivity contribution in [3.8, 4) is 0 Å². The van der Waals surface area contributed by atoms with Crippen LogP contribution in [0.5, 0.6) is 0 Å². The van der Waals surface area contributed by atoms with Gasteiger partial charge in [-0.1, -0.05) is 11.6 Å². The van der Waals surface area contributed by atoms with Crippen molar-refractivity contribution >= 4 is 29.1 Å². The summed E-state index contributed by atoms with van der Waals surface area (Å²) in [4.78, 5) is 25.8. The van der Waals surface area contributed by atoms with Crippen molar-refractivity contribution in [2.75, 3.05) is 29.4 Å². The highest BCUT2D eigenvalue weighted by Gasteiger charge is 2.31. The summed E-state index contributed by atoms with van der Waals surface area (Å²) in [7, 11) is 0. The smallest absolute Gasteiger partial charge is 0.230 e. The average Bonchev–Trinajstić information content (AvgIpc) is 2.67. The van der Waals surface area contributed by atoms with Crippen molar-refractivity contribution in [2.45, 2.75) is 25.7 Å². The Balaban J connectivity index is 1.45. The molecule has 1 amide bonds. The quantitative estimate of drug-likeness (QED) is 0.828. The second-order valence-corrected chi connectivity index (χ2v) is 7.11. The third-order valence-corrected chi connectivity index (χ3v) is 5.34. The summed E-state index contributed by atoms with van der Waals surface area (Å²) in [6.07, 6.45) is 7.19. The molecule has 0 aliphatic carbocycles. The van der Waals surface area contributed by atoms with E-state index in [1.54, 1.807) is 12.4 Å². The lowest BCUT2D eigenvalue weighted by molar-refractivity contribution is -0.123. The van der Waals surface area contributed by atoms with Crippen molar-refractivity contribution in [1.29, 1.82) is 0 Å². The number of rotatable bonds is 2. The number of fused-ring (bicyclic) bond motifs is 1. The predicted octanol–water partition coefficient (Wildman–Crippen LogP) is 3.33. The van der Waals surface area contributed by atoms with Crippen LogP contribution in [0.3, 0.4) is 0 Å². The number of carbonyl (C=O) groups is 1. The molecule has 0 N–H and O–H groups in total. The van der Waals surface area contributed by atoms with E-state index < -0.39 is 0 Å². The minimum absolute atomic E-state index is 0.0709. The minimum atomic E-state index is 0.0709. The lowest BCUT2D eigenvalue weighted by Gasteiger charge is -2.36. The molecule has 1 fully saturated rings. The van der Waals surface area contributed by atoms with E-state index in [-0.39, 0.29) is 11.8 Å². The van der Waals surface area contributed by atoms with Crippen LogP contribution in [0.15, 0.2) is 36.7 Å². The Kier molecular flexibility index (Phi) is 4.57. The number of aromatic nitrogens is 2. The first-order valence-electron chi connectivity index (χ1n) is 8.84. The van der Waals surface area contributed by atoms with Crippen LogP contribution in [0.1, 0.15) is 24.8 Å². The Morgan fingerprint density at radius 3 is 2.64 bits per heavy atom. The molecule has 0 unspecified atom stereocenters. The first kappa shape index (κ1) is 16.3. The fourth-order valence-corrected chi connectivity index (χ4v) is 3.99. The standard InChI is InChI=1S/C19H21ClN4O/c20-16-4-5-17-15(13-16)3-1-10-24(17)18(25)14-6-11-23(12-7-14)19-21-8-2-9-22-19/h2,4-5,8-9,13-14H,1,3,6-7,10-12H2. The predicted molar refractivity (Wildman–Crippen MR) is 99.1 cm³/mol. The number of carbonyl (C=O) groups excluding carboxylic acids is 1. The van der Waals surface area contributed by atoms with Gasteiger partial charge in [0.15, 0.2) is 0 Å². The van der Waals surface area contributed by atoms with Crippen LogP contribution in [0.2, 0.25) is 5.02 Å². The van der Waals surface area contributed by atoms with Gasteiger partial charge in [-0.3, -0.25) is 4.79 Å². The van der Waals surface area contributed by atoms with Crippen LogP contribution in [0.4, 0.5) is 11.6 Å². The SMILES string of the molecule is O=C(C1CCN(c2ncccn2)CC1)N1CCCc2cc(Cl)ccc21. The van der Waals surface area contributed by atoms with Crippen molar-refractivity contribution in [3.05, 3.63) is 47.2 Å². The second kappa shape index (κ2) is 7.00. The maximum absolute atomic E-state index is 13.1. The van der Waals surface area contributed by atoms with E-state index in [0.29, 0.717) is 0 Å². The average molecular weight is 357 g/mol. The minimum Gasteiger partial charge on any atom is -0.341 e. The number of benzene rings is 1. The van der Waals surface area contributed by atoms with Crippen LogP contribution in [0, 0.1) is 5.92 Å². The third-order valence-electron chi connectivity index (χ3n) is 5.11. The highest BCUT2D eigenvalue weighted by atomic mass is 35.5. The molecule has 6 heteroatoms. The number of piperidine rings is 1. The second-order valence-electron chi connectivity index (χ2n) is 6.68. The Morgan fingerprint density at radius 2 is 1.88 bits per heavy atom. The van der Waals surface area contributed by atoms with Crippen molar-refractivity contribution in [2.24, 2.45) is 5.92 Å². The van der Waals surface area contributed by atoms with E-state index in [2.05, 4.69) is 14.9 Å². The molecule has 25 heavy (non-hydrogen) atoms. The van der Waals surface area contributed by atoms with E-state index in [1.165, 1.54) is 5.56 Å². The molecule has 1 saturated heterocycles. The molecule has 0 spiro atoms. The summed E-state index contributed by atoms with van der Waals surface area (Å²) in [5.41, 5.74) is 2.22. The monoisotopic (exact) mass is 356 g/mol. The van der Waals surface area contributed by atoms with E-state index in [0.717, 1.165) is 62.0 Å². The number of hydrogen-bond donors (Lipinski definition) is 0. The fraction of sp³-hybridized carbons (Fsp3) is 0.421. The molecule has 0 atom stereocenters. The molecule has 1 aromatic heterocycles. The number of anilines is 2. The normalized spacial score (nSPS) is 18.1. The molecule has 0 radical (unpaired) electrons. The Hall–Kier alpha value is -2.14. The van der Waals surface area contributed by atoms with Gasteiger partial charge in [0.25, 0.3) is 0 Å². The Bertz CT molecular complexity index is 759. The Labute approximate surface area is 152 Å². The van der Waals surface area contributed by atoms with Gasteiger partial charge in [-0.2, -0.15) is 0 Å². The summed E-state index contributed by atoms with van der Waals surface area (Å²) in [6, 6.07) is 7.68. The lowest BCUT2D eigenvalue weighted by Crippen LogP contribution is -2.44. The summed E-state index contributed by atoms with van der Waals surface area (Å²) >= 11 is 6.11. The molecule has 2 aliphatic heterocycles. The Morgan fingerprint density at radius 1 is 1.12 bits per heavy atom. The number of aryl methyl sites for hydroxylation is 1. The van der Waals surface area contributed by atoms with Gasteiger partial charge in [0.1, 0.15) is 0 Å². The third kappa shape index (κ3) is 3.33. The molecule has 0 saturated carbocycles. The van der Waals surface area contributed by atoms with Crippen molar-refractivity contribution in [3.63, 3.8) is 0 Å². The molecule has 2 aromatic rings. The first-order chi connectivity index (χ1) is 12.2. The van der Waals surface area contributed by atoms with E-state index >= 15 is 0 Å². The molecule has 1 aromatic carbocycles. The van der Waals surface area contributed by atoms with Gasteiger partial charge in [0.2, 0.25) is 11.9 Å². The number of halogens is 1. The molecular formula is C19H21ClN4O. The van der Waals surface area contributed by atoms with Crippen LogP contribution < -0.4 is 9.80 Å². The lowest BCUT2D eigenvalue weighted by atomic mass is 9.93. The number of amides is 1.